The first-order valence-electron chi connectivity index (χ1n) is 10.8. The number of carbonyl (C=O) groups excluding carboxylic acids is 1. The smallest absolute Gasteiger partial charge is 0.248 e. The second-order valence-corrected chi connectivity index (χ2v) is 9.92. The van der Waals surface area contributed by atoms with Crippen molar-refractivity contribution in [3.63, 3.8) is 0 Å². The molecular formula is C23H31N3O5S. The van der Waals surface area contributed by atoms with Gasteiger partial charge in [0.2, 0.25) is 15.9 Å². The van der Waals surface area contributed by atoms with Crippen LogP contribution in [0, 0.1) is 19.8 Å². The number of methoxy groups -OCH3 is 1. The number of hydrogen-bond acceptors (Lipinski definition) is 6. The number of aromatic nitrogens is 1. The zero-order valence-corrected chi connectivity index (χ0v) is 19.7. The van der Waals surface area contributed by atoms with Crippen molar-refractivity contribution >= 4 is 28.1 Å². The van der Waals surface area contributed by atoms with E-state index in [2.05, 4.69) is 10.5 Å². The summed E-state index contributed by atoms with van der Waals surface area (Å²) in [7, 11) is -2.25. The number of nitrogens with one attached hydrogen (secondary N) is 1. The van der Waals surface area contributed by atoms with Gasteiger partial charge in [0.05, 0.1) is 5.92 Å². The third-order valence-electron chi connectivity index (χ3n) is 5.52. The first-order chi connectivity index (χ1) is 15.3. The molecule has 1 aromatic carbocycles. The molecule has 9 heteroatoms. The molecule has 1 amide bonds. The van der Waals surface area contributed by atoms with Crippen molar-refractivity contribution in [2.75, 3.05) is 33.4 Å². The lowest BCUT2D eigenvalue weighted by molar-refractivity contribution is -0.126. The van der Waals surface area contributed by atoms with Gasteiger partial charge >= 0.3 is 0 Å². The lowest BCUT2D eigenvalue weighted by Gasteiger charge is -2.31. The minimum absolute atomic E-state index is 0.0574. The standard InChI is InChI=1S/C23H31N3O5S/c1-17-7-9-19(10-8-17)11-12-21-22(18(2)25-31-21)32(28,29)26-14-4-6-20(16-26)23(27)24-13-5-15-30-3/h7-12,20H,4-6,13-16H2,1-3H3,(H,24,27)/b12-11+/t20-/m1/s1. The average molecular weight is 462 g/mol. The van der Waals surface area contributed by atoms with E-state index in [1.54, 1.807) is 26.2 Å². The van der Waals surface area contributed by atoms with E-state index in [1.807, 2.05) is 31.2 Å². The van der Waals surface area contributed by atoms with Gasteiger partial charge in [-0.1, -0.05) is 41.1 Å². The van der Waals surface area contributed by atoms with Gasteiger partial charge in [0.1, 0.15) is 5.69 Å². The number of piperidine rings is 1. The van der Waals surface area contributed by atoms with Crippen molar-refractivity contribution in [1.29, 1.82) is 0 Å². The van der Waals surface area contributed by atoms with Crippen LogP contribution in [0.1, 0.15) is 41.8 Å². The Kier molecular flexibility index (Phi) is 8.22. The SMILES string of the molecule is COCCCNC(=O)[C@@H]1CCCN(S(=O)(=O)c2c(C)noc2/C=C/c2ccc(C)cc2)C1. The molecule has 32 heavy (non-hydrogen) atoms. The van der Waals surface area contributed by atoms with Gasteiger partial charge in [-0.3, -0.25) is 4.79 Å². The molecule has 0 unspecified atom stereocenters. The molecule has 0 radical (unpaired) electrons. The van der Waals surface area contributed by atoms with E-state index in [0.717, 1.165) is 11.1 Å². The molecule has 174 valence electrons. The number of nitrogens with zero attached hydrogens (tertiary/aromatic N) is 2. The minimum Gasteiger partial charge on any atom is -0.385 e. The molecule has 1 aliphatic rings. The molecule has 0 spiro atoms. The van der Waals surface area contributed by atoms with Gasteiger partial charge in [-0.15, -0.1) is 0 Å². The summed E-state index contributed by atoms with van der Waals surface area (Å²) in [5.41, 5.74) is 2.37. The molecule has 0 saturated carbocycles. The van der Waals surface area contributed by atoms with Crippen LogP contribution in [0.4, 0.5) is 0 Å². The van der Waals surface area contributed by atoms with E-state index >= 15 is 0 Å². The predicted molar refractivity (Wildman–Crippen MR) is 122 cm³/mol. The van der Waals surface area contributed by atoms with Gasteiger partial charge in [-0.25, -0.2) is 8.42 Å². The summed E-state index contributed by atoms with van der Waals surface area (Å²) >= 11 is 0. The van der Waals surface area contributed by atoms with E-state index in [9.17, 15) is 13.2 Å². The maximum Gasteiger partial charge on any atom is 0.248 e. The third kappa shape index (κ3) is 5.85. The lowest BCUT2D eigenvalue weighted by Crippen LogP contribution is -2.45. The van der Waals surface area contributed by atoms with Gasteiger partial charge in [0.15, 0.2) is 10.7 Å². The normalized spacial score (nSPS) is 17.7. The average Bonchev–Trinajstić information content (AvgIpc) is 3.17. The van der Waals surface area contributed by atoms with Gasteiger partial charge < -0.3 is 14.6 Å². The minimum atomic E-state index is -3.86. The summed E-state index contributed by atoms with van der Waals surface area (Å²) in [5, 5.41) is 6.77. The molecule has 2 heterocycles. The maximum atomic E-state index is 13.5. The van der Waals surface area contributed by atoms with Gasteiger partial charge in [-0.05, 0) is 44.7 Å². The summed E-state index contributed by atoms with van der Waals surface area (Å²) < 4.78 is 38.6. The fourth-order valence-electron chi connectivity index (χ4n) is 3.72. The molecular weight excluding hydrogens is 430 g/mol. The molecule has 1 fully saturated rings. The quantitative estimate of drug-likeness (QED) is 0.576. The molecule has 1 aromatic heterocycles. The lowest BCUT2D eigenvalue weighted by atomic mass is 9.99. The fraction of sp³-hybridized carbons (Fsp3) is 0.478. The highest BCUT2D eigenvalue weighted by Crippen LogP contribution is 2.29. The number of sulfonamides is 1. The zero-order chi connectivity index (χ0) is 23.1. The Hall–Kier alpha value is -2.49. The second-order valence-electron chi connectivity index (χ2n) is 8.04. The van der Waals surface area contributed by atoms with Crippen molar-refractivity contribution in [3.8, 4) is 0 Å². The highest BCUT2D eigenvalue weighted by molar-refractivity contribution is 7.89. The summed E-state index contributed by atoms with van der Waals surface area (Å²) in [6.45, 7) is 5.20. The van der Waals surface area contributed by atoms with Crippen LogP contribution in [0.25, 0.3) is 12.2 Å². The van der Waals surface area contributed by atoms with E-state index < -0.39 is 10.0 Å². The van der Waals surface area contributed by atoms with E-state index in [4.69, 9.17) is 9.26 Å². The Labute approximate surface area is 189 Å². The summed E-state index contributed by atoms with van der Waals surface area (Å²) in [5.74, 6) is -0.315. The number of aryl methyl sites for hydroxylation is 2. The largest absolute Gasteiger partial charge is 0.385 e. The van der Waals surface area contributed by atoms with Crippen LogP contribution >= 0.6 is 0 Å². The van der Waals surface area contributed by atoms with Crippen LogP contribution in [0.15, 0.2) is 33.7 Å². The van der Waals surface area contributed by atoms with Crippen LogP contribution < -0.4 is 5.32 Å². The second kappa shape index (κ2) is 10.9. The van der Waals surface area contributed by atoms with Gasteiger partial charge in [0, 0.05) is 33.4 Å². The van der Waals surface area contributed by atoms with Crippen LogP contribution in [0.3, 0.4) is 0 Å². The number of benzene rings is 1. The first kappa shape index (κ1) is 24.2. The summed E-state index contributed by atoms with van der Waals surface area (Å²) in [6.07, 6.45) is 5.42. The molecule has 8 nitrogen and oxygen atoms in total. The zero-order valence-electron chi connectivity index (χ0n) is 18.8. The highest BCUT2D eigenvalue weighted by Gasteiger charge is 2.36. The Morgan fingerprint density at radius 1 is 1.28 bits per heavy atom. The Bertz CT molecular complexity index is 1040. The van der Waals surface area contributed by atoms with Crippen molar-refractivity contribution in [3.05, 3.63) is 46.8 Å². The van der Waals surface area contributed by atoms with Crippen molar-refractivity contribution in [1.82, 2.24) is 14.8 Å². The molecule has 1 aliphatic heterocycles. The Balaban J connectivity index is 1.75. The molecule has 2 aromatic rings. The molecule has 0 bridgehead atoms. The monoisotopic (exact) mass is 461 g/mol. The number of rotatable bonds is 9. The Morgan fingerprint density at radius 2 is 2.03 bits per heavy atom. The molecule has 1 saturated heterocycles. The van der Waals surface area contributed by atoms with Crippen molar-refractivity contribution in [2.24, 2.45) is 5.92 Å². The molecule has 3 rings (SSSR count). The third-order valence-corrected chi connectivity index (χ3v) is 7.54. The van der Waals surface area contributed by atoms with Crippen molar-refractivity contribution in [2.45, 2.75) is 38.0 Å². The van der Waals surface area contributed by atoms with Gasteiger partial charge in [-0.2, -0.15) is 4.31 Å². The number of carbonyl (C=O) groups is 1. The van der Waals surface area contributed by atoms with Crippen LogP contribution in [-0.2, 0) is 19.6 Å². The number of hydrogen-bond donors (Lipinski definition) is 1. The predicted octanol–water partition coefficient (Wildman–Crippen LogP) is 3.02. The number of amides is 1. The number of ether oxygens (including phenoxy) is 1. The first-order valence-corrected chi connectivity index (χ1v) is 12.2. The van der Waals surface area contributed by atoms with Gasteiger partial charge in [0.25, 0.3) is 0 Å². The van der Waals surface area contributed by atoms with Crippen LogP contribution in [0.2, 0.25) is 0 Å². The Morgan fingerprint density at radius 3 is 2.75 bits per heavy atom. The van der Waals surface area contributed by atoms with E-state index in [-0.39, 0.29) is 29.0 Å². The highest BCUT2D eigenvalue weighted by atomic mass is 32.2. The van der Waals surface area contributed by atoms with Crippen molar-refractivity contribution < 1.29 is 22.5 Å². The van der Waals surface area contributed by atoms with E-state index in [0.29, 0.717) is 44.7 Å². The van der Waals surface area contributed by atoms with Crippen LogP contribution in [0.5, 0.6) is 0 Å². The molecule has 0 aliphatic carbocycles. The summed E-state index contributed by atoms with van der Waals surface area (Å²) in [4.78, 5) is 12.6. The van der Waals surface area contributed by atoms with Crippen LogP contribution in [-0.4, -0.2) is 57.1 Å². The topological polar surface area (TPSA) is 102 Å². The van der Waals surface area contributed by atoms with E-state index in [1.165, 1.54) is 4.31 Å². The molecule has 1 atom stereocenters. The fourth-order valence-corrected chi connectivity index (χ4v) is 5.50. The summed E-state index contributed by atoms with van der Waals surface area (Å²) in [6, 6.07) is 7.86. The maximum absolute atomic E-state index is 13.5. The molecule has 1 N–H and O–H groups in total.